The molecule has 72 valence electrons. The first-order valence-electron chi connectivity index (χ1n) is 4.81. The van der Waals surface area contributed by atoms with E-state index in [-0.39, 0.29) is 0 Å². The highest BCUT2D eigenvalue weighted by Crippen LogP contribution is 2.08. The van der Waals surface area contributed by atoms with Crippen molar-refractivity contribution in [3.05, 3.63) is 35.4 Å². The predicted octanol–water partition coefficient (Wildman–Crippen LogP) is 2.49. The molecule has 0 radical (unpaired) electrons. The fraction of sp³-hybridized carbons (Fsp3) is 0.500. The minimum Gasteiger partial charge on any atom is -0.306 e. The second kappa shape index (κ2) is 4.43. The minimum atomic E-state index is 0.613. The van der Waals surface area contributed by atoms with Crippen molar-refractivity contribution < 1.29 is 0 Å². The minimum absolute atomic E-state index is 0.613. The number of rotatable bonds is 3. The van der Waals surface area contributed by atoms with Gasteiger partial charge in [-0.1, -0.05) is 29.8 Å². The van der Waals surface area contributed by atoms with Gasteiger partial charge < -0.3 is 4.90 Å². The maximum absolute atomic E-state index is 2.26. The molecule has 0 aliphatic rings. The number of nitrogens with zero attached hydrogens (tertiary/aromatic N) is 1. The van der Waals surface area contributed by atoms with Crippen LogP contribution in [0.2, 0.25) is 0 Å². The third-order valence-corrected chi connectivity index (χ3v) is 2.50. The summed E-state index contributed by atoms with van der Waals surface area (Å²) in [6.45, 7) is 4.39. The summed E-state index contributed by atoms with van der Waals surface area (Å²) >= 11 is 0. The molecule has 0 spiro atoms. The molecule has 0 aliphatic carbocycles. The zero-order chi connectivity index (χ0) is 9.84. The van der Waals surface area contributed by atoms with E-state index in [4.69, 9.17) is 0 Å². The fourth-order valence-electron chi connectivity index (χ4n) is 1.36. The SMILES string of the molecule is Cc1cccc(CC(C)N(C)C)c1. The van der Waals surface area contributed by atoms with Gasteiger partial charge in [0.1, 0.15) is 0 Å². The van der Waals surface area contributed by atoms with Gasteiger partial charge in [-0.25, -0.2) is 0 Å². The van der Waals surface area contributed by atoms with E-state index in [1.54, 1.807) is 0 Å². The molecule has 0 N–H and O–H groups in total. The Morgan fingerprint density at radius 1 is 1.31 bits per heavy atom. The van der Waals surface area contributed by atoms with Gasteiger partial charge >= 0.3 is 0 Å². The topological polar surface area (TPSA) is 3.24 Å². The van der Waals surface area contributed by atoms with E-state index in [2.05, 4.69) is 57.1 Å². The standard InChI is InChI=1S/C12H19N/c1-10-6-5-7-12(8-10)9-11(2)13(3)4/h5-8,11H,9H2,1-4H3. The Bertz CT molecular complexity index is 266. The maximum atomic E-state index is 2.26. The maximum Gasteiger partial charge on any atom is 0.0101 e. The van der Waals surface area contributed by atoms with Crippen LogP contribution in [0.3, 0.4) is 0 Å². The van der Waals surface area contributed by atoms with Gasteiger partial charge in [-0.2, -0.15) is 0 Å². The van der Waals surface area contributed by atoms with Crippen LogP contribution < -0.4 is 0 Å². The first-order valence-corrected chi connectivity index (χ1v) is 4.81. The first-order chi connectivity index (χ1) is 6.09. The molecule has 1 atom stereocenters. The fourth-order valence-corrected chi connectivity index (χ4v) is 1.36. The monoisotopic (exact) mass is 177 g/mol. The van der Waals surface area contributed by atoms with Crippen molar-refractivity contribution in [3.63, 3.8) is 0 Å². The van der Waals surface area contributed by atoms with Crippen molar-refractivity contribution in [2.45, 2.75) is 26.3 Å². The lowest BCUT2D eigenvalue weighted by Gasteiger charge is -2.19. The van der Waals surface area contributed by atoms with Gasteiger partial charge in [-0.05, 0) is 39.9 Å². The van der Waals surface area contributed by atoms with Crippen LogP contribution >= 0.6 is 0 Å². The molecular weight excluding hydrogens is 158 g/mol. The molecule has 13 heavy (non-hydrogen) atoms. The van der Waals surface area contributed by atoms with Crippen LogP contribution in [-0.4, -0.2) is 25.0 Å². The summed E-state index contributed by atoms with van der Waals surface area (Å²) in [6, 6.07) is 9.35. The molecule has 1 aromatic carbocycles. The highest BCUT2D eigenvalue weighted by Gasteiger charge is 2.04. The van der Waals surface area contributed by atoms with E-state index < -0.39 is 0 Å². The van der Waals surface area contributed by atoms with E-state index >= 15 is 0 Å². The van der Waals surface area contributed by atoms with Crippen LogP contribution in [0.5, 0.6) is 0 Å². The van der Waals surface area contributed by atoms with Gasteiger partial charge in [0, 0.05) is 6.04 Å². The van der Waals surface area contributed by atoms with E-state index in [0.29, 0.717) is 6.04 Å². The highest BCUT2D eigenvalue weighted by atomic mass is 15.1. The molecule has 0 aliphatic heterocycles. The second-order valence-corrected chi connectivity index (χ2v) is 4.01. The molecule has 1 aromatic rings. The summed E-state index contributed by atoms with van der Waals surface area (Å²) in [7, 11) is 4.25. The number of likely N-dealkylation sites (N-methyl/N-ethyl adjacent to an activating group) is 1. The lowest BCUT2D eigenvalue weighted by atomic mass is 10.0. The normalized spacial score (nSPS) is 13.3. The molecular formula is C12H19N. The summed E-state index contributed by atoms with van der Waals surface area (Å²) in [5, 5.41) is 0. The van der Waals surface area contributed by atoms with Gasteiger partial charge in [-0.3, -0.25) is 0 Å². The molecule has 0 fully saturated rings. The molecule has 0 saturated carbocycles. The number of hydrogen-bond donors (Lipinski definition) is 0. The number of hydrogen-bond acceptors (Lipinski definition) is 1. The van der Waals surface area contributed by atoms with Crippen LogP contribution in [0.15, 0.2) is 24.3 Å². The van der Waals surface area contributed by atoms with Gasteiger partial charge in [0.2, 0.25) is 0 Å². The van der Waals surface area contributed by atoms with Crippen LogP contribution in [0.4, 0.5) is 0 Å². The Morgan fingerprint density at radius 2 is 2.00 bits per heavy atom. The van der Waals surface area contributed by atoms with Crippen LogP contribution in [0.1, 0.15) is 18.1 Å². The summed E-state index contributed by atoms with van der Waals surface area (Å²) < 4.78 is 0. The first kappa shape index (κ1) is 10.3. The van der Waals surface area contributed by atoms with Crippen LogP contribution in [0.25, 0.3) is 0 Å². The number of aryl methyl sites for hydroxylation is 1. The van der Waals surface area contributed by atoms with Gasteiger partial charge in [0.15, 0.2) is 0 Å². The van der Waals surface area contributed by atoms with Crippen LogP contribution in [-0.2, 0) is 6.42 Å². The largest absolute Gasteiger partial charge is 0.306 e. The quantitative estimate of drug-likeness (QED) is 0.685. The molecule has 0 saturated heterocycles. The Labute approximate surface area is 81.4 Å². The summed E-state index contributed by atoms with van der Waals surface area (Å²) in [5.41, 5.74) is 2.78. The zero-order valence-corrected chi connectivity index (χ0v) is 9.04. The van der Waals surface area contributed by atoms with E-state index in [1.807, 2.05) is 0 Å². The molecule has 0 heterocycles. The Morgan fingerprint density at radius 3 is 2.54 bits per heavy atom. The van der Waals surface area contributed by atoms with Gasteiger partial charge in [0.05, 0.1) is 0 Å². The third kappa shape index (κ3) is 3.19. The Balaban J connectivity index is 2.64. The van der Waals surface area contributed by atoms with Crippen LogP contribution in [0, 0.1) is 6.92 Å². The van der Waals surface area contributed by atoms with Crippen molar-refractivity contribution in [1.29, 1.82) is 0 Å². The lowest BCUT2D eigenvalue weighted by molar-refractivity contribution is 0.312. The molecule has 1 heteroatoms. The van der Waals surface area contributed by atoms with Crippen molar-refractivity contribution in [2.75, 3.05) is 14.1 Å². The van der Waals surface area contributed by atoms with Crippen molar-refractivity contribution in [3.8, 4) is 0 Å². The Hall–Kier alpha value is -0.820. The molecule has 1 unspecified atom stereocenters. The Kier molecular flexibility index (Phi) is 3.49. The smallest absolute Gasteiger partial charge is 0.0101 e. The van der Waals surface area contributed by atoms with Crippen molar-refractivity contribution in [2.24, 2.45) is 0 Å². The lowest BCUT2D eigenvalue weighted by Crippen LogP contribution is -2.26. The summed E-state index contributed by atoms with van der Waals surface area (Å²) in [6.07, 6.45) is 1.13. The van der Waals surface area contributed by atoms with E-state index in [9.17, 15) is 0 Å². The molecule has 0 aromatic heterocycles. The average molecular weight is 177 g/mol. The van der Waals surface area contributed by atoms with E-state index in [1.165, 1.54) is 11.1 Å². The molecule has 0 amide bonds. The van der Waals surface area contributed by atoms with Crippen molar-refractivity contribution in [1.82, 2.24) is 4.90 Å². The molecule has 0 bridgehead atoms. The molecule has 1 nitrogen and oxygen atoms in total. The van der Waals surface area contributed by atoms with Gasteiger partial charge in [0.25, 0.3) is 0 Å². The molecule has 1 rings (SSSR count). The van der Waals surface area contributed by atoms with Gasteiger partial charge in [-0.15, -0.1) is 0 Å². The predicted molar refractivity (Wildman–Crippen MR) is 58.0 cm³/mol. The average Bonchev–Trinajstić information content (AvgIpc) is 2.04. The zero-order valence-electron chi connectivity index (χ0n) is 9.04. The number of benzene rings is 1. The van der Waals surface area contributed by atoms with Crippen molar-refractivity contribution >= 4 is 0 Å². The second-order valence-electron chi connectivity index (χ2n) is 4.01. The third-order valence-electron chi connectivity index (χ3n) is 2.50. The highest BCUT2D eigenvalue weighted by molar-refractivity contribution is 5.22. The summed E-state index contributed by atoms with van der Waals surface area (Å²) in [4.78, 5) is 2.25. The summed E-state index contributed by atoms with van der Waals surface area (Å²) in [5.74, 6) is 0. The van der Waals surface area contributed by atoms with E-state index in [0.717, 1.165) is 6.42 Å².